The van der Waals surface area contributed by atoms with E-state index < -0.39 is 0 Å². The summed E-state index contributed by atoms with van der Waals surface area (Å²) in [4.78, 5) is 17.1. The molecule has 0 unspecified atom stereocenters. The van der Waals surface area contributed by atoms with E-state index in [0.717, 1.165) is 32.0 Å². The molecule has 0 radical (unpaired) electrons. The Morgan fingerprint density at radius 1 is 1.33 bits per heavy atom. The highest BCUT2D eigenvalue weighted by molar-refractivity contribution is 5.66. The molecule has 1 fully saturated rings. The maximum atomic E-state index is 10.5. The third-order valence-electron chi connectivity index (χ3n) is 4.08. The van der Waals surface area contributed by atoms with Crippen LogP contribution in [0.3, 0.4) is 0 Å². The molecule has 0 N–H and O–H groups in total. The van der Waals surface area contributed by atoms with Crippen molar-refractivity contribution in [2.24, 2.45) is 0 Å². The molecule has 0 spiro atoms. The predicted octanol–water partition coefficient (Wildman–Crippen LogP) is 2.54. The number of aromatic nitrogens is 1. The van der Waals surface area contributed by atoms with Gasteiger partial charge in [-0.1, -0.05) is 11.6 Å². The van der Waals surface area contributed by atoms with Gasteiger partial charge in [0.15, 0.2) is 0 Å². The smallest absolute Gasteiger partial charge is 0.142 e. The Bertz CT molecular complexity index is 427. The van der Waals surface area contributed by atoms with Gasteiger partial charge >= 0.3 is 0 Å². The third-order valence-corrected chi connectivity index (χ3v) is 4.08. The van der Waals surface area contributed by atoms with Crippen LogP contribution in [0.5, 0.6) is 0 Å². The lowest BCUT2D eigenvalue weighted by Gasteiger charge is -2.44. The molecule has 1 aliphatic rings. The molecule has 0 bridgehead atoms. The monoisotopic (exact) mass is 244 g/mol. The van der Waals surface area contributed by atoms with Crippen molar-refractivity contribution in [2.75, 3.05) is 14.1 Å². The van der Waals surface area contributed by atoms with Crippen molar-refractivity contribution in [3.63, 3.8) is 0 Å². The van der Waals surface area contributed by atoms with Crippen LogP contribution in [0.2, 0.25) is 0 Å². The van der Waals surface area contributed by atoms with E-state index in [9.17, 15) is 4.79 Å². The zero-order valence-corrected chi connectivity index (χ0v) is 11.1. The molecular weight excluding hydrogens is 224 g/mol. The highest BCUT2D eigenvalue weighted by Crippen LogP contribution is 2.42. The summed E-state index contributed by atoms with van der Waals surface area (Å²) in [6.07, 6.45) is 10.5. The molecule has 0 saturated heterocycles. The van der Waals surface area contributed by atoms with E-state index in [2.05, 4.69) is 30.0 Å². The minimum atomic E-state index is 0.0640. The number of allylic oxidation sites excluding steroid dienone is 2. The Kier molecular flexibility index (Phi) is 3.92. The predicted molar refractivity (Wildman–Crippen MR) is 72.2 cm³/mol. The number of aldehydes is 1. The van der Waals surface area contributed by atoms with Crippen LogP contribution in [0.25, 0.3) is 0 Å². The Morgan fingerprint density at radius 2 is 2.06 bits per heavy atom. The van der Waals surface area contributed by atoms with Gasteiger partial charge in [0, 0.05) is 17.9 Å². The first-order chi connectivity index (χ1) is 8.69. The van der Waals surface area contributed by atoms with Crippen LogP contribution in [-0.4, -0.2) is 30.3 Å². The molecule has 96 valence electrons. The van der Waals surface area contributed by atoms with Gasteiger partial charge in [-0.05, 0) is 57.5 Å². The molecule has 3 nitrogen and oxygen atoms in total. The number of hydrogen-bond acceptors (Lipinski definition) is 3. The van der Waals surface area contributed by atoms with Crippen LogP contribution in [-0.2, 0) is 10.3 Å². The molecule has 2 rings (SSSR count). The van der Waals surface area contributed by atoms with E-state index in [0.29, 0.717) is 0 Å². The topological polar surface area (TPSA) is 33.2 Å². The summed E-state index contributed by atoms with van der Waals surface area (Å²) in [6, 6.07) is 4.15. The number of carbonyl (C=O) groups is 1. The molecule has 1 aromatic rings. The van der Waals surface area contributed by atoms with Gasteiger partial charge in [0.05, 0.1) is 0 Å². The van der Waals surface area contributed by atoms with Crippen molar-refractivity contribution >= 4 is 6.29 Å². The first-order valence-electron chi connectivity index (χ1n) is 6.40. The van der Waals surface area contributed by atoms with Gasteiger partial charge in [-0.2, -0.15) is 0 Å². The molecule has 1 aliphatic carbocycles. The fourth-order valence-electron chi connectivity index (χ4n) is 2.88. The highest BCUT2D eigenvalue weighted by Gasteiger charge is 2.37. The van der Waals surface area contributed by atoms with Gasteiger partial charge in [0.2, 0.25) is 0 Å². The van der Waals surface area contributed by atoms with E-state index in [-0.39, 0.29) is 5.54 Å². The van der Waals surface area contributed by atoms with E-state index in [4.69, 9.17) is 0 Å². The van der Waals surface area contributed by atoms with Crippen molar-refractivity contribution in [2.45, 2.75) is 31.2 Å². The molecule has 0 aromatic carbocycles. The van der Waals surface area contributed by atoms with Crippen LogP contribution in [0, 0.1) is 0 Å². The minimum Gasteiger partial charge on any atom is -0.300 e. The van der Waals surface area contributed by atoms with Crippen molar-refractivity contribution in [1.29, 1.82) is 0 Å². The van der Waals surface area contributed by atoms with Gasteiger partial charge in [0.25, 0.3) is 0 Å². The summed E-state index contributed by atoms with van der Waals surface area (Å²) >= 11 is 0. The normalized spacial score (nSPS) is 24.1. The molecule has 0 atom stereocenters. The Morgan fingerprint density at radius 3 is 2.56 bits per heavy atom. The Labute approximate surface area is 109 Å². The fraction of sp³-hybridized carbons (Fsp3) is 0.467. The highest BCUT2D eigenvalue weighted by atomic mass is 16.1. The molecular formula is C15H20N2O. The van der Waals surface area contributed by atoms with Crippen molar-refractivity contribution < 1.29 is 4.79 Å². The van der Waals surface area contributed by atoms with Gasteiger partial charge in [-0.3, -0.25) is 14.7 Å². The molecule has 0 amide bonds. The SMILES string of the molecule is CN(C)C1(c2cccnc2)CCC(=CC=O)CC1. The Balaban J connectivity index is 2.26. The van der Waals surface area contributed by atoms with Crippen LogP contribution < -0.4 is 0 Å². The summed E-state index contributed by atoms with van der Waals surface area (Å²) in [5, 5.41) is 0. The summed E-state index contributed by atoms with van der Waals surface area (Å²) < 4.78 is 0. The zero-order valence-electron chi connectivity index (χ0n) is 11.1. The third kappa shape index (κ3) is 2.36. The fourth-order valence-corrected chi connectivity index (χ4v) is 2.88. The van der Waals surface area contributed by atoms with E-state index in [1.807, 2.05) is 18.5 Å². The second-order valence-corrected chi connectivity index (χ2v) is 5.13. The second kappa shape index (κ2) is 5.44. The molecule has 1 saturated carbocycles. The van der Waals surface area contributed by atoms with E-state index in [1.165, 1.54) is 11.1 Å². The summed E-state index contributed by atoms with van der Waals surface area (Å²) in [5.74, 6) is 0. The van der Waals surface area contributed by atoms with Gasteiger partial charge in [-0.15, -0.1) is 0 Å². The Hall–Kier alpha value is -1.48. The zero-order chi connectivity index (χ0) is 13.0. The van der Waals surface area contributed by atoms with Crippen LogP contribution in [0.4, 0.5) is 0 Å². The van der Waals surface area contributed by atoms with Crippen LogP contribution >= 0.6 is 0 Å². The first-order valence-corrected chi connectivity index (χ1v) is 6.40. The number of nitrogens with zero attached hydrogens (tertiary/aromatic N) is 2. The second-order valence-electron chi connectivity index (χ2n) is 5.13. The number of pyridine rings is 1. The summed E-state index contributed by atoms with van der Waals surface area (Å²) in [6.45, 7) is 0. The molecule has 0 aliphatic heterocycles. The largest absolute Gasteiger partial charge is 0.300 e. The average molecular weight is 244 g/mol. The number of hydrogen-bond donors (Lipinski definition) is 0. The molecule has 1 heterocycles. The minimum absolute atomic E-state index is 0.0640. The molecule has 3 heteroatoms. The maximum Gasteiger partial charge on any atom is 0.142 e. The lowest BCUT2D eigenvalue weighted by molar-refractivity contribution is -0.104. The number of rotatable bonds is 3. The standard InChI is InChI=1S/C15H20N2O/c1-17(2)15(14-4-3-10-16-12-14)8-5-13(6-9-15)7-11-18/h3-4,7,10-12H,5-6,8-9H2,1-2H3. The maximum absolute atomic E-state index is 10.5. The number of carbonyl (C=O) groups excluding carboxylic acids is 1. The van der Waals surface area contributed by atoms with Crippen molar-refractivity contribution in [3.8, 4) is 0 Å². The molecule has 1 aromatic heterocycles. The molecule has 18 heavy (non-hydrogen) atoms. The average Bonchev–Trinajstić information content (AvgIpc) is 2.41. The van der Waals surface area contributed by atoms with Gasteiger partial charge < -0.3 is 0 Å². The van der Waals surface area contributed by atoms with Crippen molar-refractivity contribution in [3.05, 3.63) is 41.7 Å². The lowest BCUT2D eigenvalue weighted by Crippen LogP contribution is -2.43. The summed E-state index contributed by atoms with van der Waals surface area (Å²) in [5.41, 5.74) is 2.61. The van der Waals surface area contributed by atoms with Gasteiger partial charge in [0.1, 0.15) is 6.29 Å². The van der Waals surface area contributed by atoms with E-state index in [1.54, 1.807) is 6.08 Å². The van der Waals surface area contributed by atoms with Crippen molar-refractivity contribution in [1.82, 2.24) is 9.88 Å². The summed E-state index contributed by atoms with van der Waals surface area (Å²) in [7, 11) is 4.25. The van der Waals surface area contributed by atoms with Crippen LogP contribution in [0.15, 0.2) is 36.2 Å². The van der Waals surface area contributed by atoms with E-state index >= 15 is 0 Å². The van der Waals surface area contributed by atoms with Crippen LogP contribution in [0.1, 0.15) is 31.2 Å². The lowest BCUT2D eigenvalue weighted by atomic mass is 9.74. The first kappa shape index (κ1) is 13.0. The van der Waals surface area contributed by atoms with Gasteiger partial charge in [-0.25, -0.2) is 0 Å². The quantitative estimate of drug-likeness (QED) is 0.605.